The Morgan fingerprint density at radius 2 is 2.19 bits per heavy atom. The summed E-state index contributed by atoms with van der Waals surface area (Å²) in [5.74, 6) is 0.905. The minimum atomic E-state index is -0.190. The van der Waals surface area contributed by atoms with Gasteiger partial charge in [-0.15, -0.1) is 0 Å². The van der Waals surface area contributed by atoms with Crippen molar-refractivity contribution < 1.29 is 0 Å². The number of halogens is 1. The second kappa shape index (κ2) is 3.43. The molecule has 0 unspecified atom stereocenters. The highest BCUT2D eigenvalue weighted by molar-refractivity contribution is 9.10. The number of H-pyrrole nitrogens is 1. The van der Waals surface area contributed by atoms with Crippen molar-refractivity contribution in [3.05, 3.63) is 40.8 Å². The maximum Gasteiger partial charge on any atom is 0.126 e. The zero-order chi connectivity index (χ0) is 11.2. The molecular formula is C12H12BrN3. The van der Waals surface area contributed by atoms with E-state index in [9.17, 15) is 0 Å². The number of hydrogen-bond acceptors (Lipinski definition) is 2. The van der Waals surface area contributed by atoms with Crippen LogP contribution in [0, 0.1) is 0 Å². The van der Waals surface area contributed by atoms with E-state index in [1.54, 1.807) is 0 Å². The fraction of sp³-hybridized carbons (Fsp3) is 0.250. The Hall–Kier alpha value is -1.13. The predicted molar refractivity (Wildman–Crippen MR) is 66.8 cm³/mol. The molecule has 82 valence electrons. The van der Waals surface area contributed by atoms with Gasteiger partial charge >= 0.3 is 0 Å². The number of aromatic nitrogens is 2. The molecule has 0 amide bonds. The Morgan fingerprint density at radius 3 is 2.88 bits per heavy atom. The van der Waals surface area contributed by atoms with E-state index in [0.29, 0.717) is 0 Å². The van der Waals surface area contributed by atoms with Crippen LogP contribution in [-0.2, 0) is 5.54 Å². The first-order valence-corrected chi connectivity index (χ1v) is 6.07. The van der Waals surface area contributed by atoms with Crippen molar-refractivity contribution in [2.24, 2.45) is 5.73 Å². The van der Waals surface area contributed by atoms with Crippen molar-refractivity contribution >= 4 is 15.9 Å². The van der Waals surface area contributed by atoms with E-state index >= 15 is 0 Å². The van der Waals surface area contributed by atoms with Gasteiger partial charge in [-0.3, -0.25) is 0 Å². The van der Waals surface area contributed by atoms with Gasteiger partial charge in [-0.25, -0.2) is 4.98 Å². The Kier molecular flexibility index (Phi) is 2.16. The van der Waals surface area contributed by atoms with Gasteiger partial charge in [0.2, 0.25) is 0 Å². The molecule has 1 aliphatic rings. The van der Waals surface area contributed by atoms with E-state index in [0.717, 1.165) is 34.4 Å². The van der Waals surface area contributed by atoms with Gasteiger partial charge in [0, 0.05) is 10.0 Å². The number of nitrogens with two attached hydrogens (primary N) is 1. The van der Waals surface area contributed by atoms with Gasteiger partial charge < -0.3 is 10.7 Å². The largest absolute Gasteiger partial charge is 0.340 e. The van der Waals surface area contributed by atoms with Gasteiger partial charge in [-0.2, -0.15) is 0 Å². The number of aromatic amines is 1. The molecule has 0 spiro atoms. The lowest BCUT2D eigenvalue weighted by molar-refractivity contribution is 0.685. The lowest BCUT2D eigenvalue weighted by Crippen LogP contribution is -2.20. The average Bonchev–Trinajstić information content (AvgIpc) is 2.83. The molecule has 2 aromatic rings. The van der Waals surface area contributed by atoms with Crippen molar-refractivity contribution in [1.82, 2.24) is 9.97 Å². The van der Waals surface area contributed by atoms with Crippen LogP contribution in [-0.4, -0.2) is 9.97 Å². The van der Waals surface area contributed by atoms with Gasteiger partial charge in [0.25, 0.3) is 0 Å². The summed E-state index contributed by atoms with van der Waals surface area (Å²) in [6.07, 6.45) is 3.90. The Balaban J connectivity index is 1.98. The quantitative estimate of drug-likeness (QED) is 0.887. The van der Waals surface area contributed by atoms with Crippen LogP contribution in [0.2, 0.25) is 0 Å². The van der Waals surface area contributed by atoms with Gasteiger partial charge in [0.05, 0.1) is 17.4 Å². The van der Waals surface area contributed by atoms with E-state index in [1.807, 2.05) is 18.3 Å². The maximum absolute atomic E-state index is 6.09. The molecule has 1 aromatic heterocycles. The first-order chi connectivity index (χ1) is 7.67. The van der Waals surface area contributed by atoms with Crippen molar-refractivity contribution in [2.75, 3.05) is 0 Å². The Bertz CT molecular complexity index is 529. The topological polar surface area (TPSA) is 54.7 Å². The fourth-order valence-electron chi connectivity index (χ4n) is 1.75. The second-order valence-electron chi connectivity index (χ2n) is 4.31. The number of nitrogens with one attached hydrogen (secondary N) is 1. The Morgan fingerprint density at radius 1 is 1.38 bits per heavy atom. The highest BCUT2D eigenvalue weighted by Crippen LogP contribution is 2.41. The number of benzene rings is 1. The lowest BCUT2D eigenvalue weighted by atomic mass is 10.2. The van der Waals surface area contributed by atoms with Crippen molar-refractivity contribution in [3.63, 3.8) is 0 Å². The molecule has 0 saturated heterocycles. The van der Waals surface area contributed by atoms with Crippen LogP contribution in [0.25, 0.3) is 11.3 Å². The Labute approximate surface area is 102 Å². The third-order valence-corrected chi connectivity index (χ3v) is 3.46. The number of hydrogen-bond donors (Lipinski definition) is 2. The molecule has 1 fully saturated rings. The molecular weight excluding hydrogens is 266 g/mol. The first kappa shape index (κ1) is 10.1. The standard InChI is InChI=1S/C12H12BrN3/c13-9-3-1-2-8(6-9)10-7-15-11(16-10)12(14)4-5-12/h1-3,6-7H,4-5,14H2,(H,15,16). The van der Waals surface area contributed by atoms with Crippen LogP contribution in [0.15, 0.2) is 34.9 Å². The summed E-state index contributed by atoms with van der Waals surface area (Å²) in [5, 5.41) is 0. The van der Waals surface area contributed by atoms with Crippen LogP contribution in [0.5, 0.6) is 0 Å². The molecule has 3 rings (SSSR count). The molecule has 0 bridgehead atoms. The highest BCUT2D eigenvalue weighted by Gasteiger charge is 2.42. The van der Waals surface area contributed by atoms with Crippen molar-refractivity contribution in [2.45, 2.75) is 18.4 Å². The molecule has 0 radical (unpaired) electrons. The summed E-state index contributed by atoms with van der Waals surface area (Å²) >= 11 is 3.46. The van der Waals surface area contributed by atoms with Crippen LogP contribution < -0.4 is 5.73 Å². The van der Waals surface area contributed by atoms with Gasteiger partial charge in [-0.05, 0) is 25.0 Å². The van der Waals surface area contributed by atoms with Crippen molar-refractivity contribution in [3.8, 4) is 11.3 Å². The van der Waals surface area contributed by atoms with Crippen LogP contribution in [0.1, 0.15) is 18.7 Å². The normalized spacial score (nSPS) is 17.4. The molecule has 3 N–H and O–H groups in total. The third kappa shape index (κ3) is 1.68. The lowest BCUT2D eigenvalue weighted by Gasteiger charge is -2.03. The van der Waals surface area contributed by atoms with E-state index in [4.69, 9.17) is 5.73 Å². The second-order valence-corrected chi connectivity index (χ2v) is 5.23. The summed E-state index contributed by atoms with van der Waals surface area (Å²) in [4.78, 5) is 7.66. The summed E-state index contributed by atoms with van der Waals surface area (Å²) in [5.41, 5.74) is 8.04. The monoisotopic (exact) mass is 277 g/mol. The summed E-state index contributed by atoms with van der Waals surface area (Å²) in [6, 6.07) is 8.13. The number of nitrogens with zero attached hydrogens (tertiary/aromatic N) is 1. The first-order valence-electron chi connectivity index (χ1n) is 5.28. The summed E-state index contributed by atoms with van der Waals surface area (Å²) in [7, 11) is 0. The zero-order valence-electron chi connectivity index (χ0n) is 8.70. The summed E-state index contributed by atoms with van der Waals surface area (Å²) in [6.45, 7) is 0. The molecule has 16 heavy (non-hydrogen) atoms. The van der Waals surface area contributed by atoms with E-state index < -0.39 is 0 Å². The molecule has 1 heterocycles. The van der Waals surface area contributed by atoms with Crippen LogP contribution >= 0.6 is 15.9 Å². The smallest absolute Gasteiger partial charge is 0.126 e. The fourth-order valence-corrected chi connectivity index (χ4v) is 2.15. The van der Waals surface area contributed by atoms with E-state index in [2.05, 4.69) is 38.0 Å². The van der Waals surface area contributed by atoms with Gasteiger partial charge in [0.1, 0.15) is 5.82 Å². The molecule has 1 aromatic carbocycles. The molecule has 3 nitrogen and oxygen atoms in total. The third-order valence-electron chi connectivity index (χ3n) is 2.97. The maximum atomic E-state index is 6.09. The van der Waals surface area contributed by atoms with Crippen LogP contribution in [0.4, 0.5) is 0 Å². The minimum Gasteiger partial charge on any atom is -0.340 e. The number of imidazole rings is 1. The molecule has 1 aliphatic carbocycles. The molecule has 0 aliphatic heterocycles. The highest BCUT2D eigenvalue weighted by atomic mass is 79.9. The molecule has 1 saturated carbocycles. The minimum absolute atomic E-state index is 0.190. The predicted octanol–water partition coefficient (Wildman–Crippen LogP) is 2.79. The van der Waals surface area contributed by atoms with E-state index in [1.165, 1.54) is 0 Å². The summed E-state index contributed by atoms with van der Waals surface area (Å²) < 4.78 is 1.06. The average molecular weight is 278 g/mol. The van der Waals surface area contributed by atoms with Crippen LogP contribution in [0.3, 0.4) is 0 Å². The molecule has 0 atom stereocenters. The number of rotatable bonds is 2. The van der Waals surface area contributed by atoms with Gasteiger partial charge in [-0.1, -0.05) is 28.1 Å². The molecule has 4 heteroatoms. The van der Waals surface area contributed by atoms with Crippen molar-refractivity contribution in [1.29, 1.82) is 0 Å². The SMILES string of the molecule is NC1(c2ncc(-c3cccc(Br)c3)[nH]2)CC1. The van der Waals surface area contributed by atoms with Gasteiger partial charge in [0.15, 0.2) is 0 Å². The zero-order valence-corrected chi connectivity index (χ0v) is 10.3. The van der Waals surface area contributed by atoms with E-state index in [-0.39, 0.29) is 5.54 Å².